The van der Waals surface area contributed by atoms with Gasteiger partial charge in [0, 0.05) is 10.2 Å². The van der Waals surface area contributed by atoms with Crippen molar-refractivity contribution in [2.45, 2.75) is 24.0 Å². The molecular formula is C13H14BrNO2S2. The van der Waals surface area contributed by atoms with Crippen LogP contribution in [-0.2, 0) is 16.4 Å². The number of halogens is 1. The molecule has 102 valence electrons. The van der Waals surface area contributed by atoms with Crippen LogP contribution in [0.3, 0.4) is 0 Å². The molecule has 1 aromatic heterocycles. The lowest BCUT2D eigenvalue weighted by Crippen LogP contribution is -2.11. The molecule has 1 N–H and O–H groups in total. The Morgan fingerprint density at radius 2 is 1.89 bits per heavy atom. The summed E-state index contributed by atoms with van der Waals surface area (Å²) in [6.45, 7) is 2.12. The van der Waals surface area contributed by atoms with Crippen molar-refractivity contribution in [2.75, 3.05) is 4.72 Å². The van der Waals surface area contributed by atoms with E-state index in [9.17, 15) is 8.42 Å². The highest BCUT2D eigenvalue weighted by Gasteiger charge is 2.19. The molecule has 19 heavy (non-hydrogen) atoms. The number of thiophene rings is 1. The van der Waals surface area contributed by atoms with Gasteiger partial charge in [0.15, 0.2) is 4.21 Å². The number of hydrogen-bond acceptors (Lipinski definition) is 3. The molecule has 0 spiro atoms. The molecule has 0 aliphatic heterocycles. The molecule has 0 radical (unpaired) electrons. The fourth-order valence-electron chi connectivity index (χ4n) is 1.70. The van der Waals surface area contributed by atoms with E-state index in [0.717, 1.165) is 12.8 Å². The summed E-state index contributed by atoms with van der Waals surface area (Å²) in [5.41, 5.74) is 1.79. The van der Waals surface area contributed by atoms with Crippen molar-refractivity contribution in [2.24, 2.45) is 0 Å². The second-order valence-corrected chi connectivity index (χ2v) is 7.76. The van der Waals surface area contributed by atoms with Crippen molar-refractivity contribution in [3.05, 3.63) is 45.7 Å². The third-order valence-electron chi connectivity index (χ3n) is 2.57. The van der Waals surface area contributed by atoms with E-state index in [1.165, 1.54) is 16.9 Å². The van der Waals surface area contributed by atoms with Crippen LogP contribution < -0.4 is 4.72 Å². The summed E-state index contributed by atoms with van der Waals surface area (Å²) in [6, 6.07) is 9.22. The van der Waals surface area contributed by atoms with Gasteiger partial charge in [-0.25, -0.2) is 8.42 Å². The summed E-state index contributed by atoms with van der Waals surface area (Å²) in [5.74, 6) is 0. The predicted octanol–water partition coefficient (Wildman–Crippen LogP) is 4.26. The van der Waals surface area contributed by atoms with Gasteiger partial charge in [-0.15, -0.1) is 11.3 Å². The maximum Gasteiger partial charge on any atom is 0.272 e. The predicted molar refractivity (Wildman–Crippen MR) is 83.3 cm³/mol. The molecule has 0 fully saturated rings. The topological polar surface area (TPSA) is 46.2 Å². The highest BCUT2D eigenvalue weighted by molar-refractivity contribution is 9.10. The SMILES string of the molecule is CCCc1ccc(NS(=O)(=O)c2sccc2Br)cc1. The van der Waals surface area contributed by atoms with Gasteiger partial charge in [-0.1, -0.05) is 25.5 Å². The Balaban J connectivity index is 2.19. The summed E-state index contributed by atoms with van der Waals surface area (Å²) in [4.78, 5) is 0. The average molecular weight is 360 g/mol. The molecule has 0 aliphatic carbocycles. The second-order valence-electron chi connectivity index (χ2n) is 4.11. The number of hydrogen-bond donors (Lipinski definition) is 1. The Morgan fingerprint density at radius 3 is 2.42 bits per heavy atom. The Hall–Kier alpha value is -0.850. The lowest BCUT2D eigenvalue weighted by molar-refractivity contribution is 0.603. The van der Waals surface area contributed by atoms with Crippen molar-refractivity contribution < 1.29 is 8.42 Å². The molecule has 0 unspecified atom stereocenters. The first-order valence-electron chi connectivity index (χ1n) is 5.87. The third kappa shape index (κ3) is 3.58. The van der Waals surface area contributed by atoms with E-state index in [1.807, 2.05) is 12.1 Å². The van der Waals surface area contributed by atoms with Crippen LogP contribution in [0.4, 0.5) is 5.69 Å². The van der Waals surface area contributed by atoms with E-state index < -0.39 is 10.0 Å². The smallest absolute Gasteiger partial charge is 0.272 e. The van der Waals surface area contributed by atoms with Gasteiger partial charge in [0.2, 0.25) is 0 Å². The largest absolute Gasteiger partial charge is 0.279 e. The van der Waals surface area contributed by atoms with Gasteiger partial charge in [0.1, 0.15) is 0 Å². The van der Waals surface area contributed by atoms with Gasteiger partial charge < -0.3 is 0 Å². The minimum absolute atomic E-state index is 0.296. The maximum absolute atomic E-state index is 12.2. The molecule has 0 saturated heterocycles. The minimum atomic E-state index is -3.50. The fourth-order valence-corrected chi connectivity index (χ4v) is 5.10. The van der Waals surface area contributed by atoms with Crippen molar-refractivity contribution in [1.82, 2.24) is 0 Å². The Morgan fingerprint density at radius 1 is 1.21 bits per heavy atom. The third-order valence-corrected chi connectivity index (χ3v) is 6.62. The van der Waals surface area contributed by atoms with Crippen molar-refractivity contribution in [3.8, 4) is 0 Å². The molecule has 0 amide bonds. The molecule has 6 heteroatoms. The normalized spacial score (nSPS) is 11.5. The highest BCUT2D eigenvalue weighted by atomic mass is 79.9. The fraction of sp³-hybridized carbons (Fsp3) is 0.231. The van der Waals surface area contributed by atoms with E-state index >= 15 is 0 Å². The molecule has 0 saturated carbocycles. The summed E-state index contributed by atoms with van der Waals surface area (Å²) in [5, 5.41) is 1.74. The zero-order valence-electron chi connectivity index (χ0n) is 10.4. The van der Waals surface area contributed by atoms with Gasteiger partial charge in [0.25, 0.3) is 10.0 Å². The Labute approximate surface area is 125 Å². The molecule has 0 aliphatic rings. The number of benzene rings is 1. The maximum atomic E-state index is 12.2. The highest BCUT2D eigenvalue weighted by Crippen LogP contribution is 2.29. The molecule has 1 aromatic carbocycles. The van der Waals surface area contributed by atoms with Crippen LogP contribution in [0.5, 0.6) is 0 Å². The standard InChI is InChI=1S/C13H14BrNO2S2/c1-2-3-10-4-6-11(7-5-10)15-19(16,17)13-12(14)8-9-18-13/h4-9,15H,2-3H2,1H3. The van der Waals surface area contributed by atoms with E-state index in [4.69, 9.17) is 0 Å². The lowest BCUT2D eigenvalue weighted by atomic mass is 10.1. The van der Waals surface area contributed by atoms with Crippen LogP contribution in [0, 0.1) is 0 Å². The van der Waals surface area contributed by atoms with Gasteiger partial charge in [-0.3, -0.25) is 4.72 Å². The summed E-state index contributed by atoms with van der Waals surface area (Å²) in [7, 11) is -3.50. The summed E-state index contributed by atoms with van der Waals surface area (Å²) >= 11 is 4.43. The zero-order chi connectivity index (χ0) is 13.9. The molecule has 2 rings (SSSR count). The van der Waals surface area contributed by atoms with Gasteiger partial charge >= 0.3 is 0 Å². The quantitative estimate of drug-likeness (QED) is 0.866. The monoisotopic (exact) mass is 359 g/mol. The molecule has 3 nitrogen and oxygen atoms in total. The first-order chi connectivity index (χ1) is 9.03. The van der Waals surface area contributed by atoms with E-state index in [1.54, 1.807) is 23.6 Å². The lowest BCUT2D eigenvalue weighted by Gasteiger charge is -2.07. The summed E-state index contributed by atoms with van der Waals surface area (Å²) < 4.78 is 27.8. The van der Waals surface area contributed by atoms with E-state index in [0.29, 0.717) is 14.4 Å². The number of rotatable bonds is 5. The molecule has 1 heterocycles. The summed E-state index contributed by atoms with van der Waals surface area (Å²) in [6.07, 6.45) is 2.08. The minimum Gasteiger partial charge on any atom is -0.279 e. The van der Waals surface area contributed by atoms with Crippen molar-refractivity contribution >= 4 is 43.0 Å². The van der Waals surface area contributed by atoms with Crippen molar-refractivity contribution in [1.29, 1.82) is 0 Å². The molecule has 0 atom stereocenters. The van der Waals surface area contributed by atoms with E-state index in [2.05, 4.69) is 27.6 Å². The van der Waals surface area contributed by atoms with Crippen LogP contribution in [0.15, 0.2) is 44.4 Å². The number of anilines is 1. The van der Waals surface area contributed by atoms with Crippen LogP contribution in [0.25, 0.3) is 0 Å². The second kappa shape index (κ2) is 6.07. The first kappa shape index (κ1) is 14.6. The Bertz CT molecular complexity index is 648. The van der Waals surface area contributed by atoms with E-state index in [-0.39, 0.29) is 0 Å². The molecular weight excluding hydrogens is 346 g/mol. The van der Waals surface area contributed by atoms with Crippen LogP contribution in [0.2, 0.25) is 0 Å². The average Bonchev–Trinajstić information content (AvgIpc) is 2.79. The van der Waals surface area contributed by atoms with Gasteiger partial charge in [-0.05, 0) is 51.5 Å². The first-order valence-corrected chi connectivity index (χ1v) is 9.03. The number of nitrogens with one attached hydrogen (secondary N) is 1. The zero-order valence-corrected chi connectivity index (χ0v) is 13.6. The van der Waals surface area contributed by atoms with Crippen LogP contribution in [-0.4, -0.2) is 8.42 Å². The van der Waals surface area contributed by atoms with Gasteiger partial charge in [-0.2, -0.15) is 0 Å². The molecule has 2 aromatic rings. The molecule has 0 bridgehead atoms. The van der Waals surface area contributed by atoms with Crippen molar-refractivity contribution in [3.63, 3.8) is 0 Å². The van der Waals surface area contributed by atoms with Crippen LogP contribution >= 0.6 is 27.3 Å². The Kier molecular flexibility index (Phi) is 4.65. The number of aryl methyl sites for hydroxylation is 1. The number of sulfonamides is 1. The van der Waals surface area contributed by atoms with Crippen LogP contribution in [0.1, 0.15) is 18.9 Å². The van der Waals surface area contributed by atoms with Gasteiger partial charge in [0.05, 0.1) is 0 Å².